The molecule has 2 fully saturated rings. The molecule has 2 heteroatoms. The van der Waals surface area contributed by atoms with Gasteiger partial charge in [-0.3, -0.25) is 0 Å². The summed E-state index contributed by atoms with van der Waals surface area (Å²) in [6.45, 7) is 9.89. The second-order valence-corrected chi connectivity index (χ2v) is 6.52. The molecule has 1 saturated carbocycles. The van der Waals surface area contributed by atoms with Gasteiger partial charge in [0.1, 0.15) is 0 Å². The molecule has 0 spiro atoms. The van der Waals surface area contributed by atoms with Gasteiger partial charge in [0.15, 0.2) is 0 Å². The normalized spacial score (nSPS) is 31.7. The van der Waals surface area contributed by atoms with Gasteiger partial charge in [0.2, 0.25) is 0 Å². The molecule has 2 aliphatic rings. The van der Waals surface area contributed by atoms with Crippen LogP contribution in [0.3, 0.4) is 0 Å². The third kappa shape index (κ3) is 4.24. The van der Waals surface area contributed by atoms with Crippen LogP contribution in [0.15, 0.2) is 0 Å². The van der Waals surface area contributed by atoms with E-state index in [1.807, 2.05) is 0 Å². The summed E-state index contributed by atoms with van der Waals surface area (Å²) in [6, 6.07) is 0.798. The van der Waals surface area contributed by atoms with Gasteiger partial charge < -0.3 is 10.2 Å². The highest BCUT2D eigenvalue weighted by Gasteiger charge is 2.21. The molecular weight excluding hydrogens is 220 g/mol. The summed E-state index contributed by atoms with van der Waals surface area (Å²) >= 11 is 0. The van der Waals surface area contributed by atoms with Gasteiger partial charge in [0.05, 0.1) is 0 Å². The van der Waals surface area contributed by atoms with Crippen LogP contribution >= 0.6 is 0 Å². The van der Waals surface area contributed by atoms with E-state index in [0.29, 0.717) is 0 Å². The summed E-state index contributed by atoms with van der Waals surface area (Å²) in [5.74, 6) is 1.90. The zero-order chi connectivity index (χ0) is 12.8. The first-order valence-corrected chi connectivity index (χ1v) is 8.25. The van der Waals surface area contributed by atoms with Gasteiger partial charge in [-0.15, -0.1) is 0 Å². The van der Waals surface area contributed by atoms with E-state index in [4.69, 9.17) is 0 Å². The second-order valence-electron chi connectivity index (χ2n) is 6.52. The molecule has 1 saturated heterocycles. The molecule has 1 aliphatic carbocycles. The number of nitrogens with one attached hydrogen (secondary N) is 1. The van der Waals surface area contributed by atoms with Crippen LogP contribution in [0.2, 0.25) is 0 Å². The summed E-state index contributed by atoms with van der Waals surface area (Å²) in [5, 5.41) is 3.80. The molecule has 0 aromatic rings. The quantitative estimate of drug-likeness (QED) is 0.808. The van der Waals surface area contributed by atoms with Crippen LogP contribution in [0.1, 0.15) is 58.8 Å². The molecular formula is C16H32N2. The van der Waals surface area contributed by atoms with E-state index in [1.165, 1.54) is 71.1 Å². The minimum Gasteiger partial charge on any atom is -0.312 e. The fraction of sp³-hybridized carbons (Fsp3) is 1.00. The van der Waals surface area contributed by atoms with Gasteiger partial charge in [0, 0.05) is 19.1 Å². The average Bonchev–Trinajstić information content (AvgIpc) is 2.42. The highest BCUT2D eigenvalue weighted by molar-refractivity contribution is 4.79. The summed E-state index contributed by atoms with van der Waals surface area (Å²) in [4.78, 5) is 2.66. The van der Waals surface area contributed by atoms with Crippen molar-refractivity contribution in [3.63, 3.8) is 0 Å². The lowest BCUT2D eigenvalue weighted by atomic mass is 9.86. The number of hydrogen-bond donors (Lipinski definition) is 1. The predicted octanol–water partition coefficient (Wildman–Crippen LogP) is 3.28. The number of piperidine rings is 1. The van der Waals surface area contributed by atoms with Gasteiger partial charge >= 0.3 is 0 Å². The number of likely N-dealkylation sites (tertiary alicyclic amines) is 1. The SMILES string of the molecule is CCC1CCN(CCNC2CCCCC2C)CC1. The first-order chi connectivity index (χ1) is 8.79. The zero-order valence-corrected chi connectivity index (χ0v) is 12.5. The Morgan fingerprint density at radius 2 is 1.78 bits per heavy atom. The number of rotatable bonds is 5. The first-order valence-electron chi connectivity index (χ1n) is 8.25. The fourth-order valence-corrected chi connectivity index (χ4v) is 3.65. The van der Waals surface area contributed by atoms with Crippen LogP contribution in [0.25, 0.3) is 0 Å². The Morgan fingerprint density at radius 1 is 1.06 bits per heavy atom. The second kappa shape index (κ2) is 7.49. The van der Waals surface area contributed by atoms with Gasteiger partial charge in [-0.2, -0.15) is 0 Å². The van der Waals surface area contributed by atoms with Gasteiger partial charge in [-0.05, 0) is 50.6 Å². The Balaban J connectivity index is 1.58. The largest absolute Gasteiger partial charge is 0.312 e. The molecule has 2 unspecified atom stereocenters. The maximum atomic E-state index is 3.80. The van der Waals surface area contributed by atoms with Crippen molar-refractivity contribution in [2.45, 2.75) is 64.8 Å². The maximum absolute atomic E-state index is 3.80. The van der Waals surface area contributed by atoms with Crippen molar-refractivity contribution in [2.24, 2.45) is 11.8 Å². The lowest BCUT2D eigenvalue weighted by Gasteiger charge is -2.33. The third-order valence-electron chi connectivity index (χ3n) is 5.23. The van der Waals surface area contributed by atoms with E-state index >= 15 is 0 Å². The van der Waals surface area contributed by atoms with E-state index in [0.717, 1.165) is 17.9 Å². The van der Waals surface area contributed by atoms with Gasteiger partial charge in [-0.25, -0.2) is 0 Å². The van der Waals surface area contributed by atoms with Crippen molar-refractivity contribution in [1.82, 2.24) is 10.2 Å². The minimum atomic E-state index is 0.798. The molecule has 106 valence electrons. The molecule has 0 aromatic carbocycles. The van der Waals surface area contributed by atoms with Crippen molar-refractivity contribution < 1.29 is 0 Å². The first kappa shape index (κ1) is 14.3. The Bertz CT molecular complexity index is 221. The predicted molar refractivity (Wildman–Crippen MR) is 78.9 cm³/mol. The summed E-state index contributed by atoms with van der Waals surface area (Å²) in [7, 11) is 0. The van der Waals surface area contributed by atoms with E-state index in [1.54, 1.807) is 0 Å². The Labute approximate surface area is 114 Å². The molecule has 0 bridgehead atoms. The monoisotopic (exact) mass is 252 g/mol. The van der Waals surface area contributed by atoms with Crippen LogP contribution in [-0.2, 0) is 0 Å². The molecule has 0 radical (unpaired) electrons. The Morgan fingerprint density at radius 3 is 2.44 bits per heavy atom. The van der Waals surface area contributed by atoms with E-state index in [2.05, 4.69) is 24.1 Å². The highest BCUT2D eigenvalue weighted by atomic mass is 15.1. The van der Waals surface area contributed by atoms with Crippen molar-refractivity contribution in [3.05, 3.63) is 0 Å². The molecule has 2 atom stereocenters. The molecule has 1 heterocycles. The molecule has 2 nitrogen and oxygen atoms in total. The van der Waals surface area contributed by atoms with Crippen molar-refractivity contribution in [1.29, 1.82) is 0 Å². The highest BCUT2D eigenvalue weighted by Crippen LogP contribution is 2.23. The van der Waals surface area contributed by atoms with E-state index in [-0.39, 0.29) is 0 Å². The molecule has 1 N–H and O–H groups in total. The standard InChI is InChI=1S/C16H32N2/c1-3-15-8-11-18(12-9-15)13-10-17-16-7-5-4-6-14(16)2/h14-17H,3-13H2,1-2H3. The molecule has 0 amide bonds. The molecule has 18 heavy (non-hydrogen) atoms. The fourth-order valence-electron chi connectivity index (χ4n) is 3.65. The average molecular weight is 252 g/mol. The number of nitrogens with zero attached hydrogens (tertiary/aromatic N) is 1. The van der Waals surface area contributed by atoms with Crippen LogP contribution in [0.5, 0.6) is 0 Å². The van der Waals surface area contributed by atoms with Gasteiger partial charge in [0.25, 0.3) is 0 Å². The van der Waals surface area contributed by atoms with Crippen LogP contribution < -0.4 is 5.32 Å². The maximum Gasteiger partial charge on any atom is 0.0107 e. The van der Waals surface area contributed by atoms with Crippen LogP contribution in [0, 0.1) is 11.8 Å². The van der Waals surface area contributed by atoms with Crippen molar-refractivity contribution in [3.8, 4) is 0 Å². The zero-order valence-electron chi connectivity index (χ0n) is 12.5. The summed E-state index contributed by atoms with van der Waals surface area (Å²) in [5.41, 5.74) is 0. The molecule has 1 aliphatic heterocycles. The number of hydrogen-bond acceptors (Lipinski definition) is 2. The van der Waals surface area contributed by atoms with Crippen molar-refractivity contribution in [2.75, 3.05) is 26.2 Å². The van der Waals surface area contributed by atoms with E-state index in [9.17, 15) is 0 Å². The van der Waals surface area contributed by atoms with Crippen LogP contribution in [0.4, 0.5) is 0 Å². The van der Waals surface area contributed by atoms with Crippen LogP contribution in [-0.4, -0.2) is 37.1 Å². The molecule has 2 rings (SSSR count). The summed E-state index contributed by atoms with van der Waals surface area (Å²) < 4.78 is 0. The van der Waals surface area contributed by atoms with Gasteiger partial charge in [-0.1, -0.05) is 33.1 Å². The van der Waals surface area contributed by atoms with Crippen molar-refractivity contribution >= 4 is 0 Å². The van der Waals surface area contributed by atoms with E-state index < -0.39 is 0 Å². The summed E-state index contributed by atoms with van der Waals surface area (Å²) in [6.07, 6.45) is 9.95. The third-order valence-corrected chi connectivity index (χ3v) is 5.23. The smallest absolute Gasteiger partial charge is 0.0107 e. The lowest BCUT2D eigenvalue weighted by Crippen LogP contribution is -2.43. The minimum absolute atomic E-state index is 0.798. The molecule has 0 aromatic heterocycles. The Hall–Kier alpha value is -0.0800. The Kier molecular flexibility index (Phi) is 5.97. The lowest BCUT2D eigenvalue weighted by molar-refractivity contribution is 0.175. The topological polar surface area (TPSA) is 15.3 Å².